The van der Waals surface area contributed by atoms with E-state index < -0.39 is 11.0 Å². The fourth-order valence-corrected chi connectivity index (χ4v) is 4.65. The summed E-state index contributed by atoms with van der Waals surface area (Å²) in [5, 5.41) is 10.8. The summed E-state index contributed by atoms with van der Waals surface area (Å²) in [4.78, 5) is 36.5. The van der Waals surface area contributed by atoms with Crippen molar-refractivity contribution in [1.82, 2.24) is 14.9 Å². The Kier molecular flexibility index (Phi) is 5.86. The maximum atomic E-state index is 13.0. The van der Waals surface area contributed by atoms with Gasteiger partial charge in [-0.3, -0.25) is 14.9 Å². The van der Waals surface area contributed by atoms with Gasteiger partial charge in [-0.2, -0.15) is 0 Å². The van der Waals surface area contributed by atoms with Crippen LogP contribution in [0.2, 0.25) is 0 Å². The van der Waals surface area contributed by atoms with E-state index in [2.05, 4.69) is 28.7 Å². The van der Waals surface area contributed by atoms with Crippen molar-refractivity contribution in [2.45, 2.75) is 51.1 Å². The molecule has 9 heteroatoms. The third kappa shape index (κ3) is 4.23. The van der Waals surface area contributed by atoms with Crippen LogP contribution in [0, 0.1) is 10.1 Å². The third-order valence-electron chi connectivity index (χ3n) is 6.38. The Morgan fingerprint density at radius 1 is 1.26 bits per heavy atom. The van der Waals surface area contributed by atoms with Crippen LogP contribution in [-0.4, -0.2) is 57.4 Å². The highest BCUT2D eigenvalue weighted by Gasteiger charge is 2.33. The van der Waals surface area contributed by atoms with E-state index in [9.17, 15) is 14.9 Å². The van der Waals surface area contributed by atoms with E-state index in [0.717, 1.165) is 29.9 Å². The molecule has 1 amide bonds. The van der Waals surface area contributed by atoms with Crippen molar-refractivity contribution < 1.29 is 9.72 Å². The minimum Gasteiger partial charge on any atom is -0.350 e. The van der Waals surface area contributed by atoms with Gasteiger partial charge in [0.25, 0.3) is 5.69 Å². The number of nitrogens with two attached hydrogens (primary N) is 1. The number of amides is 1. The van der Waals surface area contributed by atoms with Crippen LogP contribution in [0.5, 0.6) is 0 Å². The summed E-state index contributed by atoms with van der Waals surface area (Å²) >= 11 is 0. The Morgan fingerprint density at radius 3 is 2.68 bits per heavy atom. The Hall–Kier alpha value is -3.07. The van der Waals surface area contributed by atoms with Crippen molar-refractivity contribution in [3.8, 4) is 0 Å². The number of nitrogens with zero attached hydrogens (tertiary/aromatic N) is 5. The van der Waals surface area contributed by atoms with Crippen LogP contribution in [0.1, 0.15) is 43.0 Å². The number of carbonyl (C=O) groups excluding carboxylic acids is 1. The number of carbonyl (C=O) groups is 1. The minimum atomic E-state index is -0.677. The number of anilines is 1. The number of nitro benzene ring substituents is 1. The van der Waals surface area contributed by atoms with Crippen molar-refractivity contribution in [3.05, 3.63) is 57.5 Å². The van der Waals surface area contributed by atoms with Gasteiger partial charge in [-0.05, 0) is 37.7 Å². The van der Waals surface area contributed by atoms with Gasteiger partial charge < -0.3 is 15.5 Å². The highest BCUT2D eigenvalue weighted by molar-refractivity contribution is 5.82. The Labute approximate surface area is 181 Å². The number of piperazine rings is 1. The van der Waals surface area contributed by atoms with Crippen LogP contribution in [0.25, 0.3) is 0 Å². The van der Waals surface area contributed by atoms with Crippen LogP contribution in [0.4, 0.5) is 11.5 Å². The van der Waals surface area contributed by atoms with Crippen molar-refractivity contribution >= 4 is 17.4 Å². The molecule has 4 rings (SSSR count). The number of nitro groups is 1. The summed E-state index contributed by atoms with van der Waals surface area (Å²) in [6.45, 7) is 6.20. The zero-order valence-electron chi connectivity index (χ0n) is 17.9. The van der Waals surface area contributed by atoms with Gasteiger partial charge in [0.15, 0.2) is 0 Å². The fourth-order valence-electron chi connectivity index (χ4n) is 4.65. The van der Waals surface area contributed by atoms with E-state index in [1.807, 2.05) is 4.90 Å². The summed E-state index contributed by atoms with van der Waals surface area (Å²) < 4.78 is 0. The lowest BCUT2D eigenvalue weighted by molar-refractivity contribution is -0.384. The third-order valence-corrected chi connectivity index (χ3v) is 6.38. The molecule has 9 nitrogen and oxygen atoms in total. The summed E-state index contributed by atoms with van der Waals surface area (Å²) in [7, 11) is 0. The molecule has 2 N–H and O–H groups in total. The summed E-state index contributed by atoms with van der Waals surface area (Å²) in [6, 6.07) is 5.63. The number of benzene rings is 1. The van der Waals surface area contributed by atoms with Gasteiger partial charge in [0, 0.05) is 49.1 Å². The molecule has 0 spiro atoms. The molecule has 3 atom stereocenters. The molecule has 1 aromatic carbocycles. The fraction of sp³-hybridized carbons (Fsp3) is 0.500. The first-order chi connectivity index (χ1) is 14.8. The van der Waals surface area contributed by atoms with Gasteiger partial charge in [0.2, 0.25) is 5.91 Å². The molecule has 1 aliphatic carbocycles. The maximum Gasteiger partial charge on any atom is 0.269 e. The monoisotopic (exact) mass is 424 g/mol. The number of aromatic nitrogens is 2. The van der Waals surface area contributed by atoms with Crippen LogP contribution in [0.15, 0.2) is 30.6 Å². The summed E-state index contributed by atoms with van der Waals surface area (Å²) in [5.41, 5.74) is 9.44. The maximum absolute atomic E-state index is 13.0. The largest absolute Gasteiger partial charge is 0.350 e. The number of fused-ring (bicyclic) bond motifs is 1. The number of rotatable bonds is 5. The SMILES string of the molecule is C[C@@H]1CCc2ncnc(N3CCN(C(=O)[C@H](N)Cc4ccc([N+](=O)[O-])cc4)C[C@@H]3C)c21. The second-order valence-corrected chi connectivity index (χ2v) is 8.56. The van der Waals surface area contributed by atoms with Gasteiger partial charge in [-0.15, -0.1) is 0 Å². The first-order valence-corrected chi connectivity index (χ1v) is 10.7. The van der Waals surface area contributed by atoms with Gasteiger partial charge in [-0.1, -0.05) is 19.1 Å². The molecule has 1 fully saturated rings. The molecule has 0 unspecified atom stereocenters. The predicted molar refractivity (Wildman–Crippen MR) is 117 cm³/mol. The average molecular weight is 425 g/mol. The van der Waals surface area contributed by atoms with E-state index in [1.54, 1.807) is 18.5 Å². The number of hydrogen-bond acceptors (Lipinski definition) is 7. The second-order valence-electron chi connectivity index (χ2n) is 8.56. The van der Waals surface area contributed by atoms with E-state index in [-0.39, 0.29) is 17.6 Å². The molecule has 1 aliphatic heterocycles. The molecule has 1 aromatic heterocycles. The Morgan fingerprint density at radius 2 is 2.00 bits per heavy atom. The lowest BCUT2D eigenvalue weighted by atomic mass is 10.0. The van der Waals surface area contributed by atoms with E-state index in [1.165, 1.54) is 17.7 Å². The minimum absolute atomic E-state index is 0.0270. The summed E-state index contributed by atoms with van der Waals surface area (Å²) in [6.07, 6.45) is 4.10. The highest BCUT2D eigenvalue weighted by Crippen LogP contribution is 2.38. The molecule has 2 heterocycles. The molecule has 0 radical (unpaired) electrons. The van der Waals surface area contributed by atoms with Gasteiger partial charge >= 0.3 is 0 Å². The molecule has 0 saturated carbocycles. The lowest BCUT2D eigenvalue weighted by Gasteiger charge is -2.42. The summed E-state index contributed by atoms with van der Waals surface area (Å²) in [5.74, 6) is 1.36. The van der Waals surface area contributed by atoms with Crippen molar-refractivity contribution in [3.63, 3.8) is 0 Å². The molecule has 164 valence electrons. The van der Waals surface area contributed by atoms with Crippen LogP contribution in [0.3, 0.4) is 0 Å². The topological polar surface area (TPSA) is 118 Å². The smallest absolute Gasteiger partial charge is 0.269 e. The molecule has 2 aromatic rings. The zero-order valence-corrected chi connectivity index (χ0v) is 17.9. The van der Waals surface area contributed by atoms with Crippen molar-refractivity contribution in [1.29, 1.82) is 0 Å². The van der Waals surface area contributed by atoms with Crippen LogP contribution >= 0.6 is 0 Å². The first kappa shape index (κ1) is 21.2. The zero-order chi connectivity index (χ0) is 22.1. The molecule has 31 heavy (non-hydrogen) atoms. The number of aryl methyl sites for hydroxylation is 1. The van der Waals surface area contributed by atoms with E-state index >= 15 is 0 Å². The number of non-ortho nitro benzene ring substituents is 1. The molecular weight excluding hydrogens is 396 g/mol. The van der Waals surface area contributed by atoms with E-state index in [4.69, 9.17) is 5.73 Å². The normalized spacial score (nSPS) is 21.6. The lowest BCUT2D eigenvalue weighted by Crippen LogP contribution is -2.57. The Bertz CT molecular complexity index is 980. The molecule has 1 saturated heterocycles. The van der Waals surface area contributed by atoms with Crippen LogP contribution < -0.4 is 10.6 Å². The van der Waals surface area contributed by atoms with E-state index in [0.29, 0.717) is 32.0 Å². The molecule has 0 bridgehead atoms. The van der Waals surface area contributed by atoms with Gasteiger partial charge in [-0.25, -0.2) is 9.97 Å². The quantitative estimate of drug-likeness (QED) is 0.576. The second kappa shape index (κ2) is 8.58. The molecular formula is C22H28N6O3. The number of hydrogen-bond donors (Lipinski definition) is 1. The van der Waals surface area contributed by atoms with Crippen molar-refractivity contribution in [2.24, 2.45) is 5.73 Å². The van der Waals surface area contributed by atoms with Crippen LogP contribution in [-0.2, 0) is 17.6 Å². The standard InChI is InChI=1S/C22H28N6O3/c1-14-3-8-19-20(14)21(25-13-24-19)27-10-9-26(12-15(27)2)22(29)18(23)11-16-4-6-17(7-5-16)28(30)31/h4-7,13-15,18H,3,8-12,23H2,1-2H3/t14-,15+,18-/m1/s1. The predicted octanol–water partition coefficient (Wildman–Crippen LogP) is 2.04. The Balaban J connectivity index is 1.40. The van der Waals surface area contributed by atoms with Gasteiger partial charge in [0.05, 0.1) is 11.0 Å². The first-order valence-electron chi connectivity index (χ1n) is 10.7. The van der Waals surface area contributed by atoms with Crippen molar-refractivity contribution in [2.75, 3.05) is 24.5 Å². The molecule has 2 aliphatic rings. The van der Waals surface area contributed by atoms with Gasteiger partial charge in [0.1, 0.15) is 12.1 Å². The average Bonchev–Trinajstić information content (AvgIpc) is 3.14. The highest BCUT2D eigenvalue weighted by atomic mass is 16.6.